The Morgan fingerprint density at radius 1 is 1.47 bits per heavy atom. The van der Waals surface area contributed by atoms with Crippen molar-refractivity contribution in [3.8, 4) is 10.7 Å². The van der Waals surface area contributed by atoms with Crippen LogP contribution in [0.5, 0.6) is 0 Å². The van der Waals surface area contributed by atoms with Crippen LogP contribution in [0.25, 0.3) is 10.7 Å². The highest BCUT2D eigenvalue weighted by Crippen LogP contribution is 2.30. The minimum Gasteiger partial charge on any atom is -0.392 e. The highest BCUT2D eigenvalue weighted by Gasteiger charge is 2.25. The fourth-order valence-corrected chi connectivity index (χ4v) is 3.91. The van der Waals surface area contributed by atoms with Crippen LogP contribution in [0.2, 0.25) is 0 Å². The van der Waals surface area contributed by atoms with Crippen LogP contribution in [0.3, 0.4) is 0 Å². The topological polar surface area (TPSA) is 59.2 Å². The molecule has 0 aliphatic heterocycles. The zero-order valence-corrected chi connectivity index (χ0v) is 12.8. The van der Waals surface area contributed by atoms with Gasteiger partial charge in [-0.15, -0.1) is 11.3 Å². The van der Waals surface area contributed by atoms with Crippen molar-refractivity contribution in [3.05, 3.63) is 21.8 Å². The van der Waals surface area contributed by atoms with Gasteiger partial charge in [-0.25, -0.2) is 0 Å². The zero-order valence-electron chi connectivity index (χ0n) is 10.4. The third-order valence-corrected chi connectivity index (χ3v) is 5.27. The van der Waals surface area contributed by atoms with Gasteiger partial charge in [-0.05, 0) is 40.8 Å². The van der Waals surface area contributed by atoms with E-state index in [1.807, 2.05) is 11.4 Å². The van der Waals surface area contributed by atoms with Gasteiger partial charge in [-0.1, -0.05) is 18.0 Å². The van der Waals surface area contributed by atoms with Crippen molar-refractivity contribution < 1.29 is 9.63 Å². The summed E-state index contributed by atoms with van der Waals surface area (Å²) in [6, 6.07) is 1.96. The van der Waals surface area contributed by atoms with Crippen molar-refractivity contribution >= 4 is 27.3 Å². The molecule has 1 unspecified atom stereocenters. The van der Waals surface area contributed by atoms with E-state index in [0.29, 0.717) is 24.1 Å². The third-order valence-electron chi connectivity index (χ3n) is 3.58. The number of aliphatic hydroxyl groups is 1. The normalized spacial score (nSPS) is 18.0. The first-order valence-electron chi connectivity index (χ1n) is 6.47. The highest BCUT2D eigenvalue weighted by molar-refractivity contribution is 9.10. The minimum atomic E-state index is -0.356. The molecule has 6 heteroatoms. The van der Waals surface area contributed by atoms with Crippen LogP contribution >= 0.6 is 27.3 Å². The van der Waals surface area contributed by atoms with E-state index in [4.69, 9.17) is 4.52 Å². The standard InChI is InChI=1S/C13H15BrN2O2S/c14-9-5-11(19-7-9)13-15-12(18-16-13)6-10(17)8-3-1-2-4-8/h5,7-8,10,17H,1-4,6H2. The van der Waals surface area contributed by atoms with Crippen LogP contribution in [-0.4, -0.2) is 21.4 Å². The van der Waals surface area contributed by atoms with Crippen molar-refractivity contribution in [2.45, 2.75) is 38.2 Å². The summed E-state index contributed by atoms with van der Waals surface area (Å²) in [5.41, 5.74) is 0. The molecule has 3 rings (SSSR count). The van der Waals surface area contributed by atoms with E-state index in [-0.39, 0.29) is 6.10 Å². The van der Waals surface area contributed by atoms with Crippen LogP contribution in [0.1, 0.15) is 31.6 Å². The number of hydrogen-bond donors (Lipinski definition) is 1. The quantitative estimate of drug-likeness (QED) is 0.921. The number of aliphatic hydroxyl groups excluding tert-OH is 1. The van der Waals surface area contributed by atoms with Crippen LogP contribution in [-0.2, 0) is 6.42 Å². The molecule has 1 N–H and O–H groups in total. The third kappa shape index (κ3) is 3.07. The number of thiophene rings is 1. The molecule has 2 aromatic rings. The largest absolute Gasteiger partial charge is 0.392 e. The Morgan fingerprint density at radius 3 is 2.95 bits per heavy atom. The minimum absolute atomic E-state index is 0.356. The van der Waals surface area contributed by atoms with Gasteiger partial charge < -0.3 is 9.63 Å². The summed E-state index contributed by atoms with van der Waals surface area (Å²) in [6.45, 7) is 0. The lowest BCUT2D eigenvalue weighted by atomic mass is 9.98. The Kier molecular flexibility index (Phi) is 4.00. The van der Waals surface area contributed by atoms with E-state index in [2.05, 4.69) is 26.1 Å². The van der Waals surface area contributed by atoms with E-state index in [0.717, 1.165) is 22.2 Å². The van der Waals surface area contributed by atoms with Gasteiger partial charge in [0.2, 0.25) is 11.7 Å². The van der Waals surface area contributed by atoms with Crippen molar-refractivity contribution in [1.82, 2.24) is 10.1 Å². The first-order valence-corrected chi connectivity index (χ1v) is 8.14. The molecule has 2 heterocycles. The number of hydrogen-bond acceptors (Lipinski definition) is 5. The first-order chi connectivity index (χ1) is 9.22. The molecule has 1 aliphatic rings. The Bertz CT molecular complexity index is 548. The maximum atomic E-state index is 10.2. The number of nitrogens with zero attached hydrogens (tertiary/aromatic N) is 2. The molecule has 0 aromatic carbocycles. The second-order valence-electron chi connectivity index (χ2n) is 4.96. The zero-order chi connectivity index (χ0) is 13.2. The van der Waals surface area contributed by atoms with E-state index < -0.39 is 0 Å². The molecule has 0 amide bonds. The smallest absolute Gasteiger partial charge is 0.229 e. The van der Waals surface area contributed by atoms with E-state index in [1.54, 1.807) is 11.3 Å². The average molecular weight is 343 g/mol. The molecule has 102 valence electrons. The molecule has 0 spiro atoms. The van der Waals surface area contributed by atoms with Gasteiger partial charge in [0.15, 0.2) is 0 Å². The van der Waals surface area contributed by atoms with E-state index in [1.165, 1.54) is 12.8 Å². The lowest BCUT2D eigenvalue weighted by molar-refractivity contribution is 0.102. The van der Waals surface area contributed by atoms with Gasteiger partial charge in [0.1, 0.15) is 0 Å². The van der Waals surface area contributed by atoms with Crippen molar-refractivity contribution in [2.75, 3.05) is 0 Å². The molecule has 1 atom stereocenters. The molecule has 2 aromatic heterocycles. The van der Waals surface area contributed by atoms with Crippen molar-refractivity contribution in [3.63, 3.8) is 0 Å². The molecule has 0 saturated heterocycles. The predicted octanol–water partition coefficient (Wildman–Crippen LogP) is 3.65. The molecule has 4 nitrogen and oxygen atoms in total. The molecular formula is C13H15BrN2O2S. The Hall–Kier alpha value is -0.720. The fraction of sp³-hybridized carbons (Fsp3) is 0.538. The van der Waals surface area contributed by atoms with Gasteiger partial charge in [0.25, 0.3) is 0 Å². The van der Waals surface area contributed by atoms with Crippen LogP contribution in [0, 0.1) is 5.92 Å². The SMILES string of the molecule is OC(Cc1nc(-c2cc(Br)cs2)no1)C1CCCC1. The summed E-state index contributed by atoms with van der Waals surface area (Å²) in [7, 11) is 0. The molecule has 1 saturated carbocycles. The van der Waals surface area contributed by atoms with Crippen molar-refractivity contribution in [1.29, 1.82) is 0 Å². The lowest BCUT2D eigenvalue weighted by Gasteiger charge is -2.14. The number of aromatic nitrogens is 2. The Morgan fingerprint density at radius 2 is 2.26 bits per heavy atom. The second-order valence-corrected chi connectivity index (χ2v) is 6.78. The molecule has 0 radical (unpaired) electrons. The summed E-state index contributed by atoms with van der Waals surface area (Å²) >= 11 is 4.97. The first kappa shape index (κ1) is 13.3. The van der Waals surface area contributed by atoms with Gasteiger partial charge in [-0.2, -0.15) is 4.98 Å². The van der Waals surface area contributed by atoms with Crippen LogP contribution in [0.15, 0.2) is 20.4 Å². The molecule has 1 aliphatic carbocycles. The summed E-state index contributed by atoms with van der Waals surface area (Å²) in [6.07, 6.45) is 4.77. The van der Waals surface area contributed by atoms with Gasteiger partial charge >= 0.3 is 0 Å². The fourth-order valence-electron chi connectivity index (χ4n) is 2.56. The monoisotopic (exact) mass is 342 g/mol. The van der Waals surface area contributed by atoms with Crippen LogP contribution < -0.4 is 0 Å². The number of halogens is 1. The summed E-state index contributed by atoms with van der Waals surface area (Å²) in [5, 5.41) is 16.1. The predicted molar refractivity (Wildman–Crippen MR) is 77.0 cm³/mol. The maximum Gasteiger partial charge on any atom is 0.229 e. The summed E-state index contributed by atoms with van der Waals surface area (Å²) in [5.74, 6) is 1.52. The highest BCUT2D eigenvalue weighted by atomic mass is 79.9. The Labute approximate surface area is 124 Å². The Balaban J connectivity index is 1.67. The second kappa shape index (κ2) is 5.73. The summed E-state index contributed by atoms with van der Waals surface area (Å²) < 4.78 is 6.25. The van der Waals surface area contributed by atoms with E-state index in [9.17, 15) is 5.11 Å². The van der Waals surface area contributed by atoms with Crippen molar-refractivity contribution in [2.24, 2.45) is 5.92 Å². The lowest BCUT2D eigenvalue weighted by Crippen LogP contribution is -2.20. The van der Waals surface area contributed by atoms with Gasteiger partial charge in [-0.3, -0.25) is 0 Å². The molecule has 19 heavy (non-hydrogen) atoms. The van der Waals surface area contributed by atoms with Gasteiger partial charge in [0, 0.05) is 9.85 Å². The maximum absolute atomic E-state index is 10.2. The van der Waals surface area contributed by atoms with E-state index >= 15 is 0 Å². The average Bonchev–Trinajstić information content (AvgIpc) is 3.07. The van der Waals surface area contributed by atoms with Gasteiger partial charge in [0.05, 0.1) is 17.4 Å². The molecule has 1 fully saturated rings. The van der Waals surface area contributed by atoms with Crippen LogP contribution in [0.4, 0.5) is 0 Å². The summed E-state index contributed by atoms with van der Waals surface area (Å²) in [4.78, 5) is 5.33. The molecule has 0 bridgehead atoms. The molecular weight excluding hydrogens is 328 g/mol. The number of rotatable bonds is 4.